The molecule has 0 fully saturated rings. The molecule has 0 saturated heterocycles. The number of hydrogen-bond acceptors (Lipinski definition) is 4. The second kappa shape index (κ2) is 5.40. The molecule has 1 aromatic rings. The summed E-state index contributed by atoms with van der Waals surface area (Å²) in [6.07, 6.45) is -0.871. The third-order valence-corrected chi connectivity index (χ3v) is 4.28. The van der Waals surface area contributed by atoms with E-state index in [0.29, 0.717) is 0 Å². The van der Waals surface area contributed by atoms with E-state index in [1.165, 1.54) is 14.0 Å². The van der Waals surface area contributed by atoms with Crippen LogP contribution in [0, 0.1) is 5.82 Å². The molecule has 1 aromatic carbocycles. The average molecular weight is 297 g/mol. The van der Waals surface area contributed by atoms with Gasteiger partial charge in [-0.15, -0.1) is 0 Å². The highest BCUT2D eigenvalue weighted by atomic mass is 35.5. The van der Waals surface area contributed by atoms with Gasteiger partial charge in [0.25, 0.3) is 0 Å². The fourth-order valence-electron chi connectivity index (χ4n) is 1.41. The van der Waals surface area contributed by atoms with E-state index in [2.05, 4.69) is 0 Å². The number of nitrogen functional groups attached to an aromatic ring is 1. The van der Waals surface area contributed by atoms with Crippen LogP contribution in [0.15, 0.2) is 17.0 Å². The second-order valence-electron chi connectivity index (χ2n) is 3.94. The van der Waals surface area contributed by atoms with Crippen molar-refractivity contribution in [2.45, 2.75) is 17.9 Å². The van der Waals surface area contributed by atoms with Gasteiger partial charge >= 0.3 is 0 Å². The highest BCUT2D eigenvalue weighted by Gasteiger charge is 2.27. The molecule has 0 radical (unpaired) electrons. The molecule has 0 aliphatic heterocycles. The number of halogens is 2. The van der Waals surface area contributed by atoms with Gasteiger partial charge in [-0.3, -0.25) is 0 Å². The van der Waals surface area contributed by atoms with Gasteiger partial charge in [0.15, 0.2) is 5.82 Å². The van der Waals surface area contributed by atoms with Crippen molar-refractivity contribution in [3.63, 3.8) is 0 Å². The minimum absolute atomic E-state index is 0.0259. The molecule has 3 N–H and O–H groups in total. The van der Waals surface area contributed by atoms with Gasteiger partial charge in [-0.2, -0.15) is 4.31 Å². The molecule has 1 atom stereocenters. The van der Waals surface area contributed by atoms with Crippen LogP contribution in [0.5, 0.6) is 0 Å². The number of anilines is 1. The Morgan fingerprint density at radius 3 is 2.61 bits per heavy atom. The molecule has 0 saturated carbocycles. The SMILES string of the molecule is CC(O)CN(C)S(=O)(=O)c1cc(Cl)cc(N)c1F. The van der Waals surface area contributed by atoms with Crippen molar-refractivity contribution in [3.8, 4) is 0 Å². The molecular formula is C10H14ClFN2O3S. The molecule has 102 valence electrons. The van der Waals surface area contributed by atoms with Crippen LogP contribution >= 0.6 is 11.6 Å². The Morgan fingerprint density at radius 2 is 2.11 bits per heavy atom. The molecule has 0 bridgehead atoms. The number of likely N-dealkylation sites (N-methyl/N-ethyl adjacent to an activating group) is 1. The Labute approximate surface area is 110 Å². The van der Waals surface area contributed by atoms with Crippen LogP contribution in [0.1, 0.15) is 6.92 Å². The van der Waals surface area contributed by atoms with Gasteiger partial charge in [-0.05, 0) is 19.1 Å². The topological polar surface area (TPSA) is 83.6 Å². The highest BCUT2D eigenvalue weighted by molar-refractivity contribution is 7.89. The van der Waals surface area contributed by atoms with E-state index < -0.39 is 26.8 Å². The summed E-state index contributed by atoms with van der Waals surface area (Å²) in [5.74, 6) is -1.04. The fourth-order valence-corrected chi connectivity index (χ4v) is 3.07. The molecule has 1 unspecified atom stereocenters. The summed E-state index contributed by atoms with van der Waals surface area (Å²) in [5.41, 5.74) is 4.99. The van der Waals surface area contributed by atoms with E-state index in [-0.39, 0.29) is 17.3 Å². The zero-order chi connectivity index (χ0) is 14.1. The molecule has 0 spiro atoms. The molecule has 0 aromatic heterocycles. The Kier molecular flexibility index (Phi) is 4.55. The number of nitrogens with zero attached hydrogens (tertiary/aromatic N) is 1. The maximum absolute atomic E-state index is 13.7. The molecule has 0 aliphatic rings. The van der Waals surface area contributed by atoms with Crippen LogP contribution in [0.4, 0.5) is 10.1 Å². The number of rotatable bonds is 4. The predicted octanol–water partition coefficient (Wildman–Crippen LogP) is 1.06. The van der Waals surface area contributed by atoms with Crippen molar-refractivity contribution in [1.29, 1.82) is 0 Å². The van der Waals surface area contributed by atoms with E-state index in [1.54, 1.807) is 0 Å². The Hall–Kier alpha value is -0.890. The lowest BCUT2D eigenvalue weighted by Crippen LogP contribution is -2.33. The van der Waals surface area contributed by atoms with Crippen molar-refractivity contribution in [2.75, 3.05) is 19.3 Å². The molecule has 0 amide bonds. The van der Waals surface area contributed by atoms with Crippen LogP contribution in [0.25, 0.3) is 0 Å². The van der Waals surface area contributed by atoms with Gasteiger partial charge in [0.2, 0.25) is 10.0 Å². The summed E-state index contributed by atoms with van der Waals surface area (Å²) >= 11 is 5.66. The molecule has 5 nitrogen and oxygen atoms in total. The summed E-state index contributed by atoms with van der Waals surface area (Å²) in [7, 11) is -2.84. The number of nitrogens with two attached hydrogens (primary N) is 1. The summed E-state index contributed by atoms with van der Waals surface area (Å²) in [6.45, 7) is 1.27. The van der Waals surface area contributed by atoms with Gasteiger partial charge in [0, 0.05) is 18.6 Å². The average Bonchev–Trinajstić information content (AvgIpc) is 2.22. The molecule has 0 heterocycles. The van der Waals surface area contributed by atoms with Crippen LogP contribution in [0.3, 0.4) is 0 Å². The van der Waals surface area contributed by atoms with Crippen molar-refractivity contribution in [3.05, 3.63) is 23.0 Å². The molecule has 18 heavy (non-hydrogen) atoms. The van der Waals surface area contributed by atoms with Crippen LogP contribution < -0.4 is 5.73 Å². The Bertz CT molecular complexity index is 548. The maximum Gasteiger partial charge on any atom is 0.245 e. The third-order valence-electron chi connectivity index (χ3n) is 2.24. The van der Waals surface area contributed by atoms with E-state index in [0.717, 1.165) is 16.4 Å². The largest absolute Gasteiger partial charge is 0.396 e. The number of hydrogen-bond donors (Lipinski definition) is 2. The minimum Gasteiger partial charge on any atom is -0.396 e. The zero-order valence-electron chi connectivity index (χ0n) is 9.89. The van der Waals surface area contributed by atoms with Crippen LogP contribution in [-0.2, 0) is 10.0 Å². The predicted molar refractivity (Wildman–Crippen MR) is 67.3 cm³/mol. The van der Waals surface area contributed by atoms with E-state index >= 15 is 0 Å². The van der Waals surface area contributed by atoms with E-state index in [1.807, 2.05) is 0 Å². The van der Waals surface area contributed by atoms with Gasteiger partial charge in [-0.25, -0.2) is 12.8 Å². The molecule has 8 heteroatoms. The monoisotopic (exact) mass is 296 g/mol. The van der Waals surface area contributed by atoms with E-state index in [4.69, 9.17) is 22.4 Å². The Morgan fingerprint density at radius 1 is 1.56 bits per heavy atom. The number of sulfonamides is 1. The van der Waals surface area contributed by atoms with Gasteiger partial charge in [0.05, 0.1) is 11.8 Å². The fraction of sp³-hybridized carbons (Fsp3) is 0.400. The first-order chi connectivity index (χ1) is 8.16. The first kappa shape index (κ1) is 15.2. The number of aliphatic hydroxyl groups excluding tert-OH is 1. The van der Waals surface area contributed by atoms with Gasteiger partial charge in [0.1, 0.15) is 4.90 Å². The lowest BCUT2D eigenvalue weighted by atomic mass is 10.3. The quantitative estimate of drug-likeness (QED) is 0.814. The van der Waals surface area contributed by atoms with Gasteiger partial charge in [-0.1, -0.05) is 11.6 Å². The summed E-state index contributed by atoms with van der Waals surface area (Å²) in [5, 5.41) is 9.19. The van der Waals surface area contributed by atoms with Crippen molar-refractivity contribution in [1.82, 2.24) is 4.31 Å². The first-order valence-electron chi connectivity index (χ1n) is 5.05. The smallest absolute Gasteiger partial charge is 0.245 e. The lowest BCUT2D eigenvalue weighted by Gasteiger charge is -2.19. The third kappa shape index (κ3) is 3.11. The van der Waals surface area contributed by atoms with Crippen LogP contribution in [-0.4, -0.2) is 37.5 Å². The lowest BCUT2D eigenvalue weighted by molar-refractivity contribution is 0.171. The van der Waals surface area contributed by atoms with Crippen molar-refractivity contribution in [2.24, 2.45) is 0 Å². The Balaban J connectivity index is 3.29. The summed E-state index contributed by atoms with van der Waals surface area (Å²) < 4.78 is 38.7. The number of aliphatic hydroxyl groups is 1. The zero-order valence-corrected chi connectivity index (χ0v) is 11.5. The maximum atomic E-state index is 13.7. The standard InChI is InChI=1S/C10H14ClFN2O3S/c1-6(15)5-14(2)18(16,17)9-4-7(11)3-8(13)10(9)12/h3-4,6,15H,5,13H2,1-2H3. The van der Waals surface area contributed by atoms with Crippen molar-refractivity contribution < 1.29 is 17.9 Å². The molecular weight excluding hydrogens is 283 g/mol. The summed E-state index contributed by atoms with van der Waals surface area (Å²) in [6, 6.07) is 2.12. The van der Waals surface area contributed by atoms with Crippen molar-refractivity contribution >= 4 is 27.3 Å². The minimum atomic E-state index is -4.08. The molecule has 0 aliphatic carbocycles. The van der Waals surface area contributed by atoms with E-state index in [9.17, 15) is 12.8 Å². The molecule has 1 rings (SSSR count). The second-order valence-corrected chi connectivity index (χ2v) is 6.39. The number of benzene rings is 1. The van der Waals surface area contributed by atoms with Crippen LogP contribution in [0.2, 0.25) is 5.02 Å². The highest BCUT2D eigenvalue weighted by Crippen LogP contribution is 2.27. The summed E-state index contributed by atoms with van der Waals surface area (Å²) in [4.78, 5) is -0.601. The normalized spacial score (nSPS) is 13.9. The first-order valence-corrected chi connectivity index (χ1v) is 6.87. The van der Waals surface area contributed by atoms with Gasteiger partial charge < -0.3 is 10.8 Å².